The van der Waals surface area contributed by atoms with E-state index in [4.69, 9.17) is 14.6 Å². The van der Waals surface area contributed by atoms with Crippen LogP contribution in [-0.2, 0) is 7.05 Å². The van der Waals surface area contributed by atoms with Crippen molar-refractivity contribution in [2.75, 3.05) is 14.2 Å². The Morgan fingerprint density at radius 2 is 1.68 bits per heavy atom. The topological polar surface area (TPSA) is 65.9 Å². The van der Waals surface area contributed by atoms with E-state index in [0.29, 0.717) is 11.5 Å². The highest BCUT2D eigenvalue weighted by Gasteiger charge is 2.14. The van der Waals surface area contributed by atoms with Crippen LogP contribution in [-0.4, -0.2) is 34.8 Å². The molecule has 0 atom stereocenters. The summed E-state index contributed by atoms with van der Waals surface area (Å²) in [5, 5.41) is 13.7. The second-order valence-corrected chi connectivity index (χ2v) is 8.55. The number of hydrogen-bond acceptors (Lipinski definition) is 6. The molecule has 5 aromatic rings. The van der Waals surface area contributed by atoms with Crippen molar-refractivity contribution >= 4 is 27.8 Å². The number of benzene rings is 3. The van der Waals surface area contributed by atoms with E-state index in [1.165, 1.54) is 4.70 Å². The first-order valence-corrected chi connectivity index (χ1v) is 11.5. The first-order chi connectivity index (χ1) is 16.7. The third-order valence-electron chi connectivity index (χ3n) is 5.48. The van der Waals surface area contributed by atoms with E-state index in [1.54, 1.807) is 31.8 Å². The number of para-hydroxylation sites is 2. The Labute approximate surface area is 200 Å². The zero-order valence-corrected chi connectivity index (χ0v) is 19.9. The van der Waals surface area contributed by atoms with Crippen LogP contribution in [0.2, 0.25) is 0 Å². The quantitative estimate of drug-likeness (QED) is 0.258. The first-order valence-electron chi connectivity index (χ1n) is 10.7. The molecule has 3 aromatic carbocycles. The molecule has 7 nitrogen and oxygen atoms in total. The van der Waals surface area contributed by atoms with Crippen molar-refractivity contribution in [3.05, 3.63) is 89.4 Å². The Kier molecular flexibility index (Phi) is 5.97. The van der Waals surface area contributed by atoms with Gasteiger partial charge in [-0.25, -0.2) is 4.68 Å². The molecular weight excluding hydrogens is 446 g/mol. The van der Waals surface area contributed by atoms with Gasteiger partial charge in [0.2, 0.25) is 4.80 Å². The molecule has 0 radical (unpaired) electrons. The van der Waals surface area contributed by atoms with E-state index < -0.39 is 0 Å². The number of methoxy groups -OCH3 is 2. The lowest BCUT2D eigenvalue weighted by atomic mass is 10.1. The molecule has 0 saturated heterocycles. The summed E-state index contributed by atoms with van der Waals surface area (Å²) in [6.07, 6.45) is 3.69. The number of aryl methyl sites for hydroxylation is 1. The lowest BCUT2D eigenvalue weighted by Crippen LogP contribution is -2.08. The molecular formula is C26H23N5O2S. The van der Waals surface area contributed by atoms with E-state index in [9.17, 15) is 0 Å². The zero-order valence-electron chi connectivity index (χ0n) is 19.0. The second-order valence-electron chi connectivity index (χ2n) is 7.54. The van der Waals surface area contributed by atoms with E-state index >= 15 is 0 Å². The summed E-state index contributed by atoms with van der Waals surface area (Å²) in [5.74, 6) is 1.30. The number of fused-ring (bicyclic) bond motifs is 1. The Morgan fingerprint density at radius 3 is 2.44 bits per heavy atom. The van der Waals surface area contributed by atoms with E-state index in [-0.39, 0.29) is 0 Å². The first kappa shape index (κ1) is 21.7. The normalized spacial score (nSPS) is 12.0. The predicted molar refractivity (Wildman–Crippen MR) is 136 cm³/mol. The summed E-state index contributed by atoms with van der Waals surface area (Å²) < 4.78 is 15.9. The van der Waals surface area contributed by atoms with Crippen LogP contribution in [0.15, 0.2) is 89.2 Å². The number of aromatic nitrogens is 3. The van der Waals surface area contributed by atoms with Crippen molar-refractivity contribution in [3.8, 4) is 28.4 Å². The molecule has 2 aromatic heterocycles. The molecule has 0 aliphatic heterocycles. The van der Waals surface area contributed by atoms with E-state index in [1.807, 2.05) is 83.2 Å². The van der Waals surface area contributed by atoms with E-state index in [2.05, 4.69) is 22.3 Å². The fraction of sp³-hybridized carbons (Fsp3) is 0.115. The van der Waals surface area contributed by atoms with Crippen molar-refractivity contribution in [2.24, 2.45) is 17.3 Å². The minimum absolute atomic E-state index is 0.638. The van der Waals surface area contributed by atoms with Crippen molar-refractivity contribution in [1.82, 2.24) is 14.3 Å². The third-order valence-corrected chi connectivity index (χ3v) is 6.58. The maximum Gasteiger partial charge on any atom is 0.211 e. The fourth-order valence-electron chi connectivity index (χ4n) is 3.72. The molecule has 2 heterocycles. The van der Waals surface area contributed by atoms with Crippen molar-refractivity contribution < 1.29 is 9.47 Å². The lowest BCUT2D eigenvalue weighted by molar-refractivity contribution is 0.355. The van der Waals surface area contributed by atoms with Crippen molar-refractivity contribution in [1.29, 1.82) is 0 Å². The number of thiazole rings is 1. The van der Waals surface area contributed by atoms with Crippen LogP contribution in [0.1, 0.15) is 5.56 Å². The molecule has 0 amide bonds. The SMILES string of the molecule is COc1ccc(-c2nn(-c3ccccc3)cc2/C=N/N=c2\sc3ccccc3n2C)cc1OC. The van der Waals surface area contributed by atoms with Gasteiger partial charge in [0.15, 0.2) is 11.5 Å². The van der Waals surface area contributed by atoms with Gasteiger partial charge in [0, 0.05) is 24.4 Å². The molecule has 0 aliphatic rings. The van der Waals surface area contributed by atoms with Gasteiger partial charge in [-0.3, -0.25) is 0 Å². The third kappa shape index (κ3) is 4.11. The van der Waals surface area contributed by atoms with Gasteiger partial charge in [0.1, 0.15) is 5.69 Å². The molecule has 0 aliphatic carbocycles. The summed E-state index contributed by atoms with van der Waals surface area (Å²) >= 11 is 1.60. The lowest BCUT2D eigenvalue weighted by Gasteiger charge is -2.08. The van der Waals surface area contributed by atoms with Crippen LogP contribution in [0.4, 0.5) is 0 Å². The highest BCUT2D eigenvalue weighted by atomic mass is 32.1. The molecule has 0 fully saturated rings. The van der Waals surface area contributed by atoms with Gasteiger partial charge in [0.25, 0.3) is 0 Å². The number of hydrogen-bond donors (Lipinski definition) is 0. The highest BCUT2D eigenvalue weighted by Crippen LogP contribution is 2.33. The van der Waals surface area contributed by atoms with Crippen LogP contribution in [0.25, 0.3) is 27.2 Å². The predicted octanol–water partition coefficient (Wildman–Crippen LogP) is 5.04. The summed E-state index contributed by atoms with van der Waals surface area (Å²) in [6, 6.07) is 23.9. The summed E-state index contributed by atoms with van der Waals surface area (Å²) in [5.41, 5.74) is 4.58. The van der Waals surface area contributed by atoms with Gasteiger partial charge in [-0.2, -0.15) is 10.2 Å². The smallest absolute Gasteiger partial charge is 0.211 e. The Hall–Kier alpha value is -4.17. The largest absolute Gasteiger partial charge is 0.493 e. The minimum atomic E-state index is 0.638. The molecule has 0 spiro atoms. The molecule has 8 heteroatoms. The molecule has 0 saturated carbocycles. The molecule has 0 bridgehead atoms. The average Bonchev–Trinajstić information content (AvgIpc) is 3.45. The second kappa shape index (κ2) is 9.36. The highest BCUT2D eigenvalue weighted by molar-refractivity contribution is 7.16. The number of nitrogens with zero attached hydrogens (tertiary/aromatic N) is 5. The Morgan fingerprint density at radius 1 is 0.912 bits per heavy atom. The van der Waals surface area contributed by atoms with E-state index in [0.717, 1.165) is 32.8 Å². The molecule has 0 unspecified atom stereocenters. The number of rotatable bonds is 6. The van der Waals surface area contributed by atoms with Gasteiger partial charge in [-0.05, 0) is 42.5 Å². The van der Waals surface area contributed by atoms with Crippen LogP contribution in [0.5, 0.6) is 11.5 Å². The van der Waals surface area contributed by atoms with Crippen LogP contribution in [0, 0.1) is 0 Å². The zero-order chi connectivity index (χ0) is 23.5. The number of ether oxygens (including phenoxy) is 2. The van der Waals surface area contributed by atoms with Crippen molar-refractivity contribution in [2.45, 2.75) is 0 Å². The van der Waals surface area contributed by atoms with Crippen molar-refractivity contribution in [3.63, 3.8) is 0 Å². The average molecular weight is 470 g/mol. The molecule has 0 N–H and O–H groups in total. The van der Waals surface area contributed by atoms with Gasteiger partial charge in [-0.15, -0.1) is 5.10 Å². The van der Waals surface area contributed by atoms with Gasteiger partial charge in [-0.1, -0.05) is 41.7 Å². The summed E-state index contributed by atoms with van der Waals surface area (Å²) in [6.45, 7) is 0. The summed E-state index contributed by atoms with van der Waals surface area (Å²) in [4.78, 5) is 0.820. The Bertz CT molecular complexity index is 1550. The maximum atomic E-state index is 5.50. The van der Waals surface area contributed by atoms with Gasteiger partial charge >= 0.3 is 0 Å². The van der Waals surface area contributed by atoms with Crippen LogP contribution >= 0.6 is 11.3 Å². The van der Waals surface area contributed by atoms with Gasteiger partial charge < -0.3 is 14.0 Å². The monoisotopic (exact) mass is 469 g/mol. The minimum Gasteiger partial charge on any atom is -0.493 e. The molecule has 34 heavy (non-hydrogen) atoms. The van der Waals surface area contributed by atoms with Gasteiger partial charge in [0.05, 0.1) is 36.3 Å². The molecule has 170 valence electrons. The standard InChI is InChI=1S/C26H23N5O2S/c1-30-21-11-7-8-12-24(21)34-26(30)28-27-16-19-17-31(20-9-5-4-6-10-20)29-25(19)18-13-14-22(32-2)23(15-18)33-3/h4-17H,1-3H3/b27-16+,28-26-. The fourth-order valence-corrected chi connectivity index (χ4v) is 4.70. The van der Waals surface area contributed by atoms with Crippen LogP contribution in [0.3, 0.4) is 0 Å². The molecule has 5 rings (SSSR count). The Balaban J connectivity index is 1.59. The van der Waals surface area contributed by atoms with Crippen LogP contribution < -0.4 is 14.3 Å². The summed E-state index contributed by atoms with van der Waals surface area (Å²) in [7, 11) is 5.24. The maximum absolute atomic E-state index is 5.50.